The molecule has 0 saturated heterocycles. The van der Waals surface area contributed by atoms with Gasteiger partial charge in [0.05, 0.1) is 13.7 Å². The first-order valence-electron chi connectivity index (χ1n) is 3.77. The molecule has 0 aliphatic heterocycles. The van der Waals surface area contributed by atoms with Crippen molar-refractivity contribution in [1.29, 1.82) is 0 Å². The number of halogens is 2. The van der Waals surface area contributed by atoms with Gasteiger partial charge in [-0.25, -0.2) is 4.39 Å². The lowest BCUT2D eigenvalue weighted by molar-refractivity contribution is 0.176. The smallest absolute Gasteiger partial charge is 0.152 e. The second-order valence-electron chi connectivity index (χ2n) is 2.54. The van der Waals surface area contributed by atoms with Crippen molar-refractivity contribution in [2.75, 3.05) is 13.7 Å². The van der Waals surface area contributed by atoms with E-state index >= 15 is 0 Å². The van der Waals surface area contributed by atoms with Crippen molar-refractivity contribution in [2.45, 2.75) is 6.17 Å². The van der Waals surface area contributed by atoms with Gasteiger partial charge in [-0.15, -0.1) is 0 Å². The van der Waals surface area contributed by atoms with Crippen LogP contribution in [-0.4, -0.2) is 18.8 Å². The Kier molecular flexibility index (Phi) is 3.51. The van der Waals surface area contributed by atoms with Gasteiger partial charge in [0.25, 0.3) is 0 Å². The lowest BCUT2D eigenvalue weighted by atomic mass is 10.1. The van der Waals surface area contributed by atoms with Gasteiger partial charge in [-0.05, 0) is 18.2 Å². The number of alkyl halides is 1. The van der Waals surface area contributed by atoms with E-state index in [0.717, 1.165) is 0 Å². The third kappa shape index (κ3) is 2.32. The predicted octanol–water partition coefficient (Wildman–Crippen LogP) is 2.35. The number of hydrogen-bond acceptors (Lipinski definition) is 2. The maximum absolute atomic E-state index is 13.1. The topological polar surface area (TPSA) is 29.5 Å². The number of ether oxygens (including phenoxy) is 1. The highest BCUT2D eigenvalue weighted by molar-refractivity contribution is 6.30. The van der Waals surface area contributed by atoms with Crippen molar-refractivity contribution in [3.05, 3.63) is 28.8 Å². The maximum Gasteiger partial charge on any atom is 0.152 e. The first kappa shape index (κ1) is 10.3. The highest BCUT2D eigenvalue weighted by Crippen LogP contribution is 2.29. The summed E-state index contributed by atoms with van der Waals surface area (Å²) in [5.74, 6) is 0.394. The number of methoxy groups -OCH3 is 1. The zero-order valence-electron chi connectivity index (χ0n) is 7.13. The van der Waals surface area contributed by atoms with Gasteiger partial charge >= 0.3 is 0 Å². The van der Waals surface area contributed by atoms with Gasteiger partial charge in [-0.1, -0.05) is 11.6 Å². The molecule has 1 rings (SSSR count). The Morgan fingerprint density at radius 1 is 1.62 bits per heavy atom. The number of rotatable bonds is 3. The Balaban J connectivity index is 3.07. The monoisotopic (exact) mass is 204 g/mol. The number of hydrogen-bond donors (Lipinski definition) is 1. The summed E-state index contributed by atoms with van der Waals surface area (Å²) in [4.78, 5) is 0. The molecule has 0 spiro atoms. The van der Waals surface area contributed by atoms with E-state index in [1.165, 1.54) is 13.2 Å². The number of benzene rings is 1. The van der Waals surface area contributed by atoms with Crippen LogP contribution in [0.25, 0.3) is 0 Å². The molecular weight excluding hydrogens is 195 g/mol. The fraction of sp³-hybridized carbons (Fsp3) is 0.333. The fourth-order valence-corrected chi connectivity index (χ4v) is 1.23. The second kappa shape index (κ2) is 4.44. The van der Waals surface area contributed by atoms with Crippen molar-refractivity contribution in [1.82, 2.24) is 0 Å². The van der Waals surface area contributed by atoms with E-state index in [4.69, 9.17) is 21.4 Å². The minimum absolute atomic E-state index is 0.275. The zero-order chi connectivity index (χ0) is 9.84. The predicted molar refractivity (Wildman–Crippen MR) is 48.9 cm³/mol. The Bertz CT molecular complexity index is 291. The van der Waals surface area contributed by atoms with E-state index in [1.807, 2.05) is 0 Å². The van der Waals surface area contributed by atoms with Crippen LogP contribution in [0.15, 0.2) is 18.2 Å². The summed E-state index contributed by atoms with van der Waals surface area (Å²) in [7, 11) is 1.44. The van der Waals surface area contributed by atoms with Gasteiger partial charge < -0.3 is 9.84 Å². The lowest BCUT2D eigenvalue weighted by Crippen LogP contribution is -2.00. The standard InChI is InChI=1S/C9H10ClFO2/c1-13-9-3-2-6(10)4-7(9)8(11)5-12/h2-4,8,12H,5H2,1H3. The molecule has 0 heterocycles. The molecule has 13 heavy (non-hydrogen) atoms. The Hall–Kier alpha value is -0.800. The highest BCUT2D eigenvalue weighted by Gasteiger charge is 2.14. The molecule has 0 bridgehead atoms. The van der Waals surface area contributed by atoms with Gasteiger partial charge in [0.15, 0.2) is 6.17 Å². The first-order valence-corrected chi connectivity index (χ1v) is 4.15. The normalized spacial score (nSPS) is 12.6. The summed E-state index contributed by atoms with van der Waals surface area (Å²) in [5.41, 5.74) is 0.275. The third-order valence-corrected chi connectivity index (χ3v) is 1.92. The minimum Gasteiger partial charge on any atom is -0.496 e. The van der Waals surface area contributed by atoms with Gasteiger partial charge in [0, 0.05) is 10.6 Å². The highest BCUT2D eigenvalue weighted by atomic mass is 35.5. The Labute approximate surface area is 80.9 Å². The molecular formula is C9H10ClFO2. The molecule has 0 fully saturated rings. The lowest BCUT2D eigenvalue weighted by Gasteiger charge is -2.10. The van der Waals surface area contributed by atoms with Crippen LogP contribution in [-0.2, 0) is 0 Å². The second-order valence-corrected chi connectivity index (χ2v) is 2.97. The Morgan fingerprint density at radius 2 is 2.31 bits per heavy atom. The van der Waals surface area contributed by atoms with Crippen LogP contribution in [0.2, 0.25) is 5.02 Å². The summed E-state index contributed by atoms with van der Waals surface area (Å²) >= 11 is 5.67. The van der Waals surface area contributed by atoms with Gasteiger partial charge in [0.1, 0.15) is 5.75 Å². The van der Waals surface area contributed by atoms with E-state index in [0.29, 0.717) is 10.8 Å². The summed E-state index contributed by atoms with van der Waals surface area (Å²) in [6, 6.07) is 4.62. The van der Waals surface area contributed by atoms with Crippen molar-refractivity contribution in [3.63, 3.8) is 0 Å². The van der Waals surface area contributed by atoms with Crippen LogP contribution >= 0.6 is 11.6 Å². The molecule has 0 amide bonds. The SMILES string of the molecule is COc1ccc(Cl)cc1C(F)CO. The molecule has 1 atom stereocenters. The van der Waals surface area contributed by atoms with E-state index < -0.39 is 12.8 Å². The summed E-state index contributed by atoms with van der Waals surface area (Å²) < 4.78 is 18.0. The van der Waals surface area contributed by atoms with E-state index in [-0.39, 0.29) is 5.56 Å². The van der Waals surface area contributed by atoms with Crippen molar-refractivity contribution in [3.8, 4) is 5.75 Å². The van der Waals surface area contributed by atoms with Crippen LogP contribution in [0.5, 0.6) is 5.75 Å². The minimum atomic E-state index is -1.45. The van der Waals surface area contributed by atoms with E-state index in [2.05, 4.69) is 0 Å². The quantitative estimate of drug-likeness (QED) is 0.819. The molecule has 1 aromatic rings. The molecule has 2 nitrogen and oxygen atoms in total. The van der Waals surface area contributed by atoms with Gasteiger partial charge in [-0.3, -0.25) is 0 Å². The van der Waals surface area contributed by atoms with Crippen LogP contribution in [0.4, 0.5) is 4.39 Å². The van der Waals surface area contributed by atoms with Crippen LogP contribution in [0.1, 0.15) is 11.7 Å². The van der Waals surface area contributed by atoms with E-state index in [9.17, 15) is 4.39 Å². The first-order chi connectivity index (χ1) is 6.19. The van der Waals surface area contributed by atoms with Crippen molar-refractivity contribution >= 4 is 11.6 Å². The average Bonchev–Trinajstić information content (AvgIpc) is 2.16. The number of aliphatic hydroxyl groups is 1. The summed E-state index contributed by atoms with van der Waals surface area (Å²) in [5, 5.41) is 9.05. The zero-order valence-corrected chi connectivity index (χ0v) is 7.88. The fourth-order valence-electron chi connectivity index (χ4n) is 1.05. The Morgan fingerprint density at radius 3 is 2.85 bits per heavy atom. The molecule has 0 radical (unpaired) electrons. The summed E-state index contributed by atoms with van der Waals surface area (Å²) in [6.07, 6.45) is -1.45. The molecule has 0 aliphatic rings. The largest absolute Gasteiger partial charge is 0.496 e. The molecule has 0 aromatic heterocycles. The molecule has 72 valence electrons. The maximum atomic E-state index is 13.1. The molecule has 0 aliphatic carbocycles. The molecule has 0 saturated carbocycles. The van der Waals surface area contributed by atoms with Crippen molar-refractivity contribution < 1.29 is 14.2 Å². The van der Waals surface area contributed by atoms with Crippen LogP contribution < -0.4 is 4.74 Å². The van der Waals surface area contributed by atoms with E-state index in [1.54, 1.807) is 12.1 Å². The molecule has 4 heteroatoms. The third-order valence-electron chi connectivity index (χ3n) is 1.69. The average molecular weight is 205 g/mol. The van der Waals surface area contributed by atoms with Gasteiger partial charge in [-0.2, -0.15) is 0 Å². The van der Waals surface area contributed by atoms with Crippen molar-refractivity contribution in [2.24, 2.45) is 0 Å². The number of aliphatic hydroxyl groups excluding tert-OH is 1. The summed E-state index contributed by atoms with van der Waals surface area (Å²) in [6.45, 7) is -0.573. The molecule has 1 N–H and O–H groups in total. The molecule has 1 aromatic carbocycles. The van der Waals surface area contributed by atoms with Gasteiger partial charge in [0.2, 0.25) is 0 Å². The van der Waals surface area contributed by atoms with Crippen LogP contribution in [0, 0.1) is 0 Å². The molecule has 1 unspecified atom stereocenters. The van der Waals surface area contributed by atoms with Crippen LogP contribution in [0.3, 0.4) is 0 Å².